The van der Waals surface area contributed by atoms with Crippen LogP contribution in [0.5, 0.6) is 17.4 Å². The predicted octanol–water partition coefficient (Wildman–Crippen LogP) is 6.05. The minimum absolute atomic E-state index is 0.171. The first-order chi connectivity index (χ1) is 17.3. The highest BCUT2D eigenvalue weighted by Crippen LogP contribution is 2.43. The Morgan fingerprint density at radius 1 is 0.971 bits per heavy atom. The molecule has 7 nitrogen and oxygen atoms in total. The van der Waals surface area contributed by atoms with E-state index >= 15 is 0 Å². The Morgan fingerprint density at radius 3 is 2.46 bits per heavy atom. The lowest BCUT2D eigenvalue weighted by molar-refractivity contribution is 0.0256. The molecule has 6 rings (SSSR count). The summed E-state index contributed by atoms with van der Waals surface area (Å²) < 4.78 is 19.9. The molecule has 176 valence electrons. The molecule has 2 aromatic carbocycles. The summed E-state index contributed by atoms with van der Waals surface area (Å²) in [5.74, 6) is 1.97. The normalized spacial score (nSPS) is 16.5. The average Bonchev–Trinajstić information content (AvgIpc) is 3.18. The van der Waals surface area contributed by atoms with E-state index in [1.165, 1.54) is 6.42 Å². The summed E-state index contributed by atoms with van der Waals surface area (Å²) in [4.78, 5) is 8.21. The first-order valence-corrected chi connectivity index (χ1v) is 12.2. The second-order valence-corrected chi connectivity index (χ2v) is 9.07. The van der Waals surface area contributed by atoms with Gasteiger partial charge in [0.2, 0.25) is 5.88 Å². The van der Waals surface area contributed by atoms with Crippen molar-refractivity contribution in [1.29, 1.82) is 5.26 Å². The summed E-state index contributed by atoms with van der Waals surface area (Å²) in [6, 6.07) is 16.8. The fourth-order valence-electron chi connectivity index (χ4n) is 4.91. The van der Waals surface area contributed by atoms with Crippen LogP contribution in [0.2, 0.25) is 0 Å². The van der Waals surface area contributed by atoms with Crippen LogP contribution < -0.4 is 9.47 Å². The maximum atomic E-state index is 10.2. The highest BCUT2D eigenvalue weighted by molar-refractivity contribution is 5.95. The standard InChI is InChI=1S/C28H26N4O3/c29-17-25-24-9-8-23(34-22-10-14-33-15-11-22)16-26(24)32(20-2-1-3-20)28(25)19-4-6-21(7-5-19)35-27-18-30-12-13-31-27/h4-9,12-13,16,18,20,22H,1-3,10-11,14-15H2. The van der Waals surface area contributed by atoms with Gasteiger partial charge in [0.25, 0.3) is 0 Å². The summed E-state index contributed by atoms with van der Waals surface area (Å²) in [5, 5.41) is 11.2. The molecule has 4 aromatic rings. The van der Waals surface area contributed by atoms with E-state index in [1.807, 2.05) is 36.4 Å². The maximum Gasteiger partial charge on any atom is 0.237 e. The van der Waals surface area contributed by atoms with Crippen LogP contribution in [0.4, 0.5) is 0 Å². The number of nitriles is 1. The lowest BCUT2D eigenvalue weighted by Gasteiger charge is -2.30. The summed E-state index contributed by atoms with van der Waals surface area (Å²) >= 11 is 0. The molecule has 1 saturated carbocycles. The third-order valence-electron chi connectivity index (χ3n) is 6.89. The van der Waals surface area contributed by atoms with E-state index in [0.717, 1.165) is 66.8 Å². The first kappa shape index (κ1) is 21.6. The third-order valence-corrected chi connectivity index (χ3v) is 6.89. The molecular formula is C28H26N4O3. The Balaban J connectivity index is 1.39. The van der Waals surface area contributed by atoms with E-state index in [2.05, 4.69) is 26.7 Å². The van der Waals surface area contributed by atoms with Crippen LogP contribution >= 0.6 is 0 Å². The molecule has 0 amide bonds. The van der Waals surface area contributed by atoms with Gasteiger partial charge in [-0.2, -0.15) is 5.26 Å². The van der Waals surface area contributed by atoms with E-state index in [1.54, 1.807) is 18.6 Å². The average molecular weight is 467 g/mol. The monoisotopic (exact) mass is 466 g/mol. The largest absolute Gasteiger partial charge is 0.490 e. The molecular weight excluding hydrogens is 440 g/mol. The molecule has 3 heterocycles. The van der Waals surface area contributed by atoms with Gasteiger partial charge in [-0.3, -0.25) is 4.98 Å². The molecule has 2 fully saturated rings. The van der Waals surface area contributed by atoms with Crippen LogP contribution in [0, 0.1) is 11.3 Å². The van der Waals surface area contributed by atoms with Crippen molar-refractivity contribution in [2.75, 3.05) is 13.2 Å². The Kier molecular flexibility index (Phi) is 5.81. The van der Waals surface area contributed by atoms with Crippen molar-refractivity contribution in [2.45, 2.75) is 44.2 Å². The van der Waals surface area contributed by atoms with Crippen molar-refractivity contribution in [3.63, 3.8) is 0 Å². The van der Waals surface area contributed by atoms with Gasteiger partial charge in [-0.25, -0.2) is 4.98 Å². The highest BCUT2D eigenvalue weighted by atomic mass is 16.5. The lowest BCUT2D eigenvalue weighted by atomic mass is 9.92. The fraction of sp³-hybridized carbons (Fsp3) is 0.321. The van der Waals surface area contributed by atoms with Gasteiger partial charge in [-0.15, -0.1) is 0 Å². The van der Waals surface area contributed by atoms with Gasteiger partial charge in [0.05, 0.1) is 36.2 Å². The molecule has 2 aromatic heterocycles. The van der Waals surface area contributed by atoms with Gasteiger partial charge >= 0.3 is 0 Å². The fourth-order valence-corrected chi connectivity index (χ4v) is 4.91. The molecule has 0 bridgehead atoms. The summed E-state index contributed by atoms with van der Waals surface area (Å²) in [6.45, 7) is 1.48. The summed E-state index contributed by atoms with van der Waals surface area (Å²) in [6.07, 6.45) is 10.2. The summed E-state index contributed by atoms with van der Waals surface area (Å²) in [7, 11) is 0. The summed E-state index contributed by atoms with van der Waals surface area (Å²) in [5.41, 5.74) is 3.71. The van der Waals surface area contributed by atoms with E-state index in [-0.39, 0.29) is 6.10 Å². The zero-order chi connectivity index (χ0) is 23.6. The Bertz CT molecular complexity index is 1370. The Hall–Kier alpha value is -3.89. The van der Waals surface area contributed by atoms with E-state index in [9.17, 15) is 5.26 Å². The Morgan fingerprint density at radius 2 is 1.77 bits per heavy atom. The van der Waals surface area contributed by atoms with Crippen LogP contribution in [0.3, 0.4) is 0 Å². The molecule has 0 atom stereocenters. The van der Waals surface area contributed by atoms with Gasteiger partial charge in [-0.1, -0.05) is 0 Å². The molecule has 1 aliphatic heterocycles. The molecule has 0 unspecified atom stereocenters. The number of benzene rings is 2. The van der Waals surface area contributed by atoms with Crippen LogP contribution in [-0.2, 0) is 4.74 Å². The minimum Gasteiger partial charge on any atom is -0.490 e. The van der Waals surface area contributed by atoms with Crippen molar-refractivity contribution < 1.29 is 14.2 Å². The molecule has 0 N–H and O–H groups in total. The number of nitrogens with zero attached hydrogens (tertiary/aromatic N) is 4. The second kappa shape index (κ2) is 9.40. The highest BCUT2D eigenvalue weighted by Gasteiger charge is 2.28. The minimum atomic E-state index is 0.171. The molecule has 7 heteroatoms. The topological polar surface area (TPSA) is 82.2 Å². The maximum absolute atomic E-state index is 10.2. The SMILES string of the molecule is N#Cc1c(-c2ccc(Oc3cnccn3)cc2)n(C2CCC2)c2cc(OC3CCOCC3)ccc12. The number of rotatable bonds is 6. The van der Waals surface area contributed by atoms with Gasteiger partial charge in [0.1, 0.15) is 23.7 Å². The quantitative estimate of drug-likeness (QED) is 0.344. The van der Waals surface area contributed by atoms with Crippen molar-refractivity contribution in [1.82, 2.24) is 14.5 Å². The van der Waals surface area contributed by atoms with Gasteiger partial charge < -0.3 is 18.8 Å². The van der Waals surface area contributed by atoms with E-state index in [4.69, 9.17) is 14.2 Å². The van der Waals surface area contributed by atoms with Crippen molar-refractivity contribution in [3.8, 4) is 34.7 Å². The van der Waals surface area contributed by atoms with E-state index < -0.39 is 0 Å². The van der Waals surface area contributed by atoms with Gasteiger partial charge in [0, 0.05) is 42.7 Å². The van der Waals surface area contributed by atoms with Crippen LogP contribution in [0.15, 0.2) is 61.1 Å². The molecule has 0 spiro atoms. The molecule has 1 saturated heterocycles. The smallest absolute Gasteiger partial charge is 0.237 e. The molecule has 1 aliphatic carbocycles. The molecule has 35 heavy (non-hydrogen) atoms. The molecule has 0 radical (unpaired) electrons. The third kappa shape index (κ3) is 4.22. The van der Waals surface area contributed by atoms with Crippen LogP contribution in [0.1, 0.15) is 43.7 Å². The van der Waals surface area contributed by atoms with Crippen molar-refractivity contribution in [2.24, 2.45) is 0 Å². The second-order valence-electron chi connectivity index (χ2n) is 9.07. The van der Waals surface area contributed by atoms with Gasteiger partial charge in [-0.05, 0) is 61.2 Å². The van der Waals surface area contributed by atoms with E-state index in [0.29, 0.717) is 23.2 Å². The van der Waals surface area contributed by atoms with Crippen molar-refractivity contribution in [3.05, 3.63) is 66.6 Å². The number of aromatic nitrogens is 3. The van der Waals surface area contributed by atoms with Crippen molar-refractivity contribution >= 4 is 10.9 Å². The Labute approximate surface area is 203 Å². The number of fused-ring (bicyclic) bond motifs is 1. The number of hydrogen-bond acceptors (Lipinski definition) is 6. The lowest BCUT2D eigenvalue weighted by Crippen LogP contribution is -2.25. The predicted molar refractivity (Wildman–Crippen MR) is 132 cm³/mol. The first-order valence-electron chi connectivity index (χ1n) is 12.2. The number of hydrogen-bond donors (Lipinski definition) is 0. The molecule has 2 aliphatic rings. The number of ether oxygens (including phenoxy) is 3. The zero-order valence-electron chi connectivity index (χ0n) is 19.4. The zero-order valence-corrected chi connectivity index (χ0v) is 19.4. The van der Waals surface area contributed by atoms with Gasteiger partial charge in [0.15, 0.2) is 0 Å². The van der Waals surface area contributed by atoms with Crippen LogP contribution in [0.25, 0.3) is 22.2 Å². The van der Waals surface area contributed by atoms with Crippen LogP contribution in [-0.4, -0.2) is 33.9 Å².